The number of nitrogens with one attached hydrogen (secondary N) is 1. The second-order valence-electron chi connectivity index (χ2n) is 9.55. The van der Waals surface area contributed by atoms with E-state index in [2.05, 4.69) is 25.0 Å². The first kappa shape index (κ1) is 26.9. The van der Waals surface area contributed by atoms with Gasteiger partial charge in [0.1, 0.15) is 5.82 Å². The number of rotatable bonds is 6. The molecule has 0 unspecified atom stereocenters. The van der Waals surface area contributed by atoms with Gasteiger partial charge in [0.25, 0.3) is 5.89 Å². The van der Waals surface area contributed by atoms with Gasteiger partial charge in [-0.2, -0.15) is 31.3 Å². The molecule has 0 aliphatic carbocycles. The van der Waals surface area contributed by atoms with Crippen LogP contribution in [0.25, 0.3) is 22.7 Å². The molecule has 5 rings (SSSR count). The van der Waals surface area contributed by atoms with Gasteiger partial charge in [0.2, 0.25) is 0 Å². The molecule has 2 aromatic carbocycles. The van der Waals surface area contributed by atoms with Crippen molar-refractivity contribution >= 4 is 0 Å². The number of benzene rings is 2. The third kappa shape index (κ3) is 6.00. The van der Waals surface area contributed by atoms with Crippen LogP contribution in [-0.4, -0.2) is 38.1 Å². The van der Waals surface area contributed by atoms with Gasteiger partial charge in [-0.1, -0.05) is 24.2 Å². The fourth-order valence-corrected chi connectivity index (χ4v) is 4.85. The average Bonchev–Trinajstić information content (AvgIpc) is 3.58. The molecule has 0 radical (unpaired) electrons. The van der Waals surface area contributed by atoms with Crippen LogP contribution >= 0.6 is 0 Å². The van der Waals surface area contributed by atoms with Crippen molar-refractivity contribution < 1.29 is 30.9 Å². The number of halogens is 6. The third-order valence-electron chi connectivity index (χ3n) is 6.94. The summed E-state index contributed by atoms with van der Waals surface area (Å²) >= 11 is 0. The van der Waals surface area contributed by atoms with Crippen molar-refractivity contribution in [2.24, 2.45) is 0 Å². The third-order valence-corrected chi connectivity index (χ3v) is 6.94. The lowest BCUT2D eigenvalue weighted by Gasteiger charge is -2.30. The zero-order chi connectivity index (χ0) is 27.8. The molecule has 0 spiro atoms. The molecule has 1 N–H and O–H groups in total. The zero-order valence-electron chi connectivity index (χ0n) is 20.9. The summed E-state index contributed by atoms with van der Waals surface area (Å²) in [6.45, 7) is 3.52. The molecule has 0 bridgehead atoms. The first-order valence-electron chi connectivity index (χ1n) is 12.5. The van der Waals surface area contributed by atoms with E-state index in [0.29, 0.717) is 36.7 Å². The summed E-state index contributed by atoms with van der Waals surface area (Å²) in [5.41, 5.74) is 0.364. The number of aromatic nitrogens is 4. The Morgan fingerprint density at radius 2 is 1.74 bits per heavy atom. The Labute approximate surface area is 220 Å². The molecule has 1 aliphatic heterocycles. The van der Waals surface area contributed by atoms with Crippen LogP contribution in [0.5, 0.6) is 0 Å². The van der Waals surface area contributed by atoms with E-state index in [-0.39, 0.29) is 29.4 Å². The molecular weight excluding hydrogens is 524 g/mol. The van der Waals surface area contributed by atoms with Crippen molar-refractivity contribution in [3.63, 3.8) is 0 Å². The highest BCUT2D eigenvalue weighted by molar-refractivity contribution is 5.61. The maximum Gasteiger partial charge on any atom is 0.416 e. The Kier molecular flexibility index (Phi) is 7.23. The van der Waals surface area contributed by atoms with Gasteiger partial charge in [-0.25, -0.2) is 4.98 Å². The molecule has 1 fully saturated rings. The lowest BCUT2D eigenvalue weighted by Crippen LogP contribution is -2.33. The topological polar surface area (TPSA) is 70.8 Å². The first-order chi connectivity index (χ1) is 18.5. The van der Waals surface area contributed by atoms with Gasteiger partial charge in [-0.3, -0.25) is 4.90 Å². The molecule has 3 heterocycles. The van der Waals surface area contributed by atoms with E-state index in [0.717, 1.165) is 36.9 Å². The van der Waals surface area contributed by atoms with Crippen LogP contribution in [0.4, 0.5) is 26.3 Å². The fourth-order valence-electron chi connectivity index (χ4n) is 4.85. The van der Waals surface area contributed by atoms with Crippen molar-refractivity contribution in [2.75, 3.05) is 13.1 Å². The summed E-state index contributed by atoms with van der Waals surface area (Å²) in [6.07, 6.45) is -5.36. The van der Waals surface area contributed by atoms with Gasteiger partial charge in [0.15, 0.2) is 5.82 Å². The molecule has 6 nitrogen and oxygen atoms in total. The summed E-state index contributed by atoms with van der Waals surface area (Å²) in [5, 5.41) is 3.93. The summed E-state index contributed by atoms with van der Waals surface area (Å²) < 4.78 is 84.0. The monoisotopic (exact) mass is 549 g/mol. The van der Waals surface area contributed by atoms with Crippen LogP contribution in [0.1, 0.15) is 54.0 Å². The first-order valence-corrected chi connectivity index (χ1v) is 12.5. The van der Waals surface area contributed by atoms with E-state index in [1.54, 1.807) is 19.2 Å². The Morgan fingerprint density at radius 3 is 2.44 bits per heavy atom. The van der Waals surface area contributed by atoms with Crippen LogP contribution in [0.2, 0.25) is 0 Å². The number of H-pyrrole nitrogens is 1. The minimum atomic E-state index is -4.46. The molecule has 206 valence electrons. The minimum Gasteiger partial charge on any atom is -0.342 e. The number of aromatic amines is 1. The van der Waals surface area contributed by atoms with Crippen molar-refractivity contribution in [1.82, 2.24) is 25.0 Å². The van der Waals surface area contributed by atoms with Gasteiger partial charge in [0.05, 0.1) is 29.6 Å². The molecule has 0 saturated carbocycles. The van der Waals surface area contributed by atoms with E-state index in [1.807, 2.05) is 0 Å². The van der Waals surface area contributed by atoms with Crippen LogP contribution in [0.15, 0.2) is 53.2 Å². The van der Waals surface area contributed by atoms with Crippen LogP contribution in [-0.2, 0) is 25.3 Å². The van der Waals surface area contributed by atoms with E-state index in [4.69, 9.17) is 4.52 Å². The van der Waals surface area contributed by atoms with E-state index >= 15 is 0 Å². The lowest BCUT2D eigenvalue weighted by molar-refractivity contribution is -0.138. The van der Waals surface area contributed by atoms with E-state index in [9.17, 15) is 26.3 Å². The number of imidazole rings is 1. The molecule has 1 aliphatic rings. The van der Waals surface area contributed by atoms with Crippen LogP contribution < -0.4 is 0 Å². The van der Waals surface area contributed by atoms with Gasteiger partial charge in [-0.05, 0) is 73.8 Å². The zero-order valence-corrected chi connectivity index (χ0v) is 20.9. The minimum absolute atomic E-state index is 0.0311. The highest BCUT2D eigenvalue weighted by atomic mass is 19.4. The number of aryl methyl sites for hydroxylation is 1. The predicted octanol–water partition coefficient (Wildman–Crippen LogP) is 7.11. The SMILES string of the molecule is CCc1cc(-c2cnc(C3CCN(Cc4noc(-c5cccc(C(F)(F)F)c5)n4)CC3)[nH]2)ccc1C(F)(F)F. The highest BCUT2D eigenvalue weighted by Gasteiger charge is 2.33. The normalized spacial score (nSPS) is 15.7. The Hall–Kier alpha value is -3.67. The number of hydrogen-bond acceptors (Lipinski definition) is 5. The van der Waals surface area contributed by atoms with Crippen molar-refractivity contribution in [3.8, 4) is 22.7 Å². The van der Waals surface area contributed by atoms with Gasteiger partial charge >= 0.3 is 12.4 Å². The maximum atomic E-state index is 13.2. The molecule has 1 saturated heterocycles. The van der Waals surface area contributed by atoms with E-state index < -0.39 is 23.5 Å². The molecule has 0 amide bonds. The second kappa shape index (κ2) is 10.5. The van der Waals surface area contributed by atoms with Crippen LogP contribution in [0, 0.1) is 0 Å². The van der Waals surface area contributed by atoms with Gasteiger partial charge in [0, 0.05) is 11.5 Å². The molecule has 12 heteroatoms. The maximum absolute atomic E-state index is 13.2. The Bertz CT molecular complexity index is 1430. The standard InChI is InChI=1S/C27H25F6N5O/c1-2-16-12-18(6-7-21(16)27(31,32)33)22-14-34-24(35-22)17-8-10-38(11-9-17)15-23-36-25(39-37-23)19-4-3-5-20(13-19)26(28,29)30/h3-7,12-14,17H,2,8-11,15H2,1H3,(H,34,35). The summed E-state index contributed by atoms with van der Waals surface area (Å²) in [4.78, 5) is 14.2. The van der Waals surface area contributed by atoms with Gasteiger partial charge < -0.3 is 9.51 Å². The largest absolute Gasteiger partial charge is 0.416 e. The molecular formula is C27H25F6N5O. The predicted molar refractivity (Wildman–Crippen MR) is 130 cm³/mol. The highest BCUT2D eigenvalue weighted by Crippen LogP contribution is 2.35. The second-order valence-corrected chi connectivity index (χ2v) is 9.55. The Morgan fingerprint density at radius 1 is 0.974 bits per heavy atom. The Balaban J connectivity index is 1.20. The molecule has 39 heavy (non-hydrogen) atoms. The number of hydrogen-bond donors (Lipinski definition) is 1. The lowest BCUT2D eigenvalue weighted by atomic mass is 9.96. The van der Waals surface area contributed by atoms with Crippen LogP contribution in [0.3, 0.4) is 0 Å². The van der Waals surface area contributed by atoms with Gasteiger partial charge in [-0.15, -0.1) is 0 Å². The summed E-state index contributed by atoms with van der Waals surface area (Å²) in [6, 6.07) is 8.88. The number of nitrogens with zero attached hydrogens (tertiary/aromatic N) is 4. The smallest absolute Gasteiger partial charge is 0.342 e. The quantitative estimate of drug-likeness (QED) is 0.260. The van der Waals surface area contributed by atoms with E-state index in [1.165, 1.54) is 18.2 Å². The average molecular weight is 550 g/mol. The van der Waals surface area contributed by atoms with Crippen molar-refractivity contribution in [2.45, 2.75) is 51.0 Å². The molecule has 0 atom stereocenters. The summed E-state index contributed by atoms with van der Waals surface area (Å²) in [5.74, 6) is 1.36. The molecule has 2 aromatic heterocycles. The molecule has 4 aromatic rings. The number of piperidine rings is 1. The van der Waals surface area contributed by atoms with Crippen molar-refractivity contribution in [1.29, 1.82) is 0 Å². The number of likely N-dealkylation sites (tertiary alicyclic amines) is 1. The fraction of sp³-hybridized carbons (Fsp3) is 0.370. The number of alkyl halides is 6. The van der Waals surface area contributed by atoms with Crippen molar-refractivity contribution in [3.05, 3.63) is 77.0 Å². The summed E-state index contributed by atoms with van der Waals surface area (Å²) in [7, 11) is 0.